The van der Waals surface area contributed by atoms with Gasteiger partial charge >= 0.3 is 0 Å². The van der Waals surface area contributed by atoms with Crippen LogP contribution in [0.3, 0.4) is 0 Å². The van der Waals surface area contributed by atoms with E-state index < -0.39 is 6.10 Å². The number of rotatable bonds is 4. The molecule has 1 aromatic rings. The highest BCUT2D eigenvalue weighted by atomic mass is 19.1. The Balaban J connectivity index is 2.00. The van der Waals surface area contributed by atoms with Gasteiger partial charge < -0.3 is 19.5 Å². The van der Waals surface area contributed by atoms with E-state index in [-0.39, 0.29) is 11.9 Å². The first-order chi connectivity index (χ1) is 9.06. The van der Waals surface area contributed by atoms with Crippen LogP contribution in [0.1, 0.15) is 18.6 Å². The predicted molar refractivity (Wildman–Crippen MR) is 69.8 cm³/mol. The fourth-order valence-electron chi connectivity index (χ4n) is 2.13. The van der Waals surface area contributed by atoms with Gasteiger partial charge in [0.2, 0.25) is 0 Å². The number of hydrogen-bond donors (Lipinski definition) is 1. The molecule has 0 spiro atoms. The lowest BCUT2D eigenvalue weighted by atomic mass is 10.1. The first kappa shape index (κ1) is 14.2. The Morgan fingerprint density at radius 3 is 3.05 bits per heavy atom. The van der Waals surface area contributed by atoms with Crippen LogP contribution in [-0.4, -0.2) is 49.5 Å². The number of hydrogen-bond acceptors (Lipinski definition) is 4. The third kappa shape index (κ3) is 3.89. The topological polar surface area (TPSA) is 41.9 Å². The third-order valence-corrected chi connectivity index (χ3v) is 3.19. The second-order valence-corrected chi connectivity index (χ2v) is 4.92. The van der Waals surface area contributed by atoms with Gasteiger partial charge in [-0.1, -0.05) is 0 Å². The van der Waals surface area contributed by atoms with Crippen LogP contribution >= 0.6 is 0 Å². The third-order valence-electron chi connectivity index (χ3n) is 3.19. The molecule has 1 saturated heterocycles. The molecule has 2 atom stereocenters. The molecule has 5 heteroatoms. The second-order valence-electron chi connectivity index (χ2n) is 4.92. The van der Waals surface area contributed by atoms with Crippen LogP contribution in [0.25, 0.3) is 0 Å². The molecule has 19 heavy (non-hydrogen) atoms. The highest BCUT2D eigenvalue weighted by molar-refractivity contribution is 5.35. The molecule has 0 amide bonds. The summed E-state index contributed by atoms with van der Waals surface area (Å²) in [5.41, 5.74) is 0.588. The summed E-state index contributed by atoms with van der Waals surface area (Å²) < 4.78 is 24.4. The van der Waals surface area contributed by atoms with Crippen LogP contribution < -0.4 is 4.74 Å². The maximum absolute atomic E-state index is 13.2. The number of halogens is 1. The molecule has 1 heterocycles. The van der Waals surface area contributed by atoms with E-state index in [0.717, 1.165) is 13.1 Å². The molecule has 0 saturated carbocycles. The van der Waals surface area contributed by atoms with Gasteiger partial charge in [0.15, 0.2) is 0 Å². The van der Waals surface area contributed by atoms with Crippen molar-refractivity contribution in [2.24, 2.45) is 0 Å². The average molecular weight is 269 g/mol. The quantitative estimate of drug-likeness (QED) is 0.901. The van der Waals surface area contributed by atoms with Crippen molar-refractivity contribution in [3.8, 4) is 5.75 Å². The highest BCUT2D eigenvalue weighted by Crippen LogP contribution is 2.26. The van der Waals surface area contributed by atoms with E-state index in [1.165, 1.54) is 12.1 Å². The smallest absolute Gasteiger partial charge is 0.128 e. The lowest BCUT2D eigenvalue weighted by Gasteiger charge is -2.30. The highest BCUT2D eigenvalue weighted by Gasteiger charge is 2.19. The van der Waals surface area contributed by atoms with Crippen molar-refractivity contribution in [1.29, 1.82) is 0 Å². The minimum atomic E-state index is -0.689. The van der Waals surface area contributed by atoms with Crippen molar-refractivity contribution in [2.75, 3.05) is 33.4 Å². The van der Waals surface area contributed by atoms with Crippen molar-refractivity contribution >= 4 is 0 Å². The van der Waals surface area contributed by atoms with E-state index in [1.54, 1.807) is 13.0 Å². The first-order valence-electron chi connectivity index (χ1n) is 6.46. The van der Waals surface area contributed by atoms with E-state index in [9.17, 15) is 9.50 Å². The van der Waals surface area contributed by atoms with Gasteiger partial charge in [0.05, 0.1) is 12.7 Å². The van der Waals surface area contributed by atoms with Crippen molar-refractivity contribution < 1.29 is 19.0 Å². The molecular weight excluding hydrogens is 249 g/mol. The Morgan fingerprint density at radius 2 is 2.37 bits per heavy atom. The molecule has 2 unspecified atom stereocenters. The molecule has 0 aliphatic carbocycles. The number of benzene rings is 1. The molecule has 1 aliphatic heterocycles. The monoisotopic (exact) mass is 269 g/mol. The molecule has 0 radical (unpaired) electrons. The molecule has 4 nitrogen and oxygen atoms in total. The molecular formula is C14H20FNO3. The largest absolute Gasteiger partial charge is 0.490 e. The predicted octanol–water partition coefficient (Wildman–Crippen LogP) is 1.59. The zero-order valence-corrected chi connectivity index (χ0v) is 11.3. The molecule has 1 fully saturated rings. The average Bonchev–Trinajstić information content (AvgIpc) is 2.36. The first-order valence-corrected chi connectivity index (χ1v) is 6.46. The van der Waals surface area contributed by atoms with Gasteiger partial charge in [0.25, 0.3) is 0 Å². The van der Waals surface area contributed by atoms with Gasteiger partial charge in [-0.15, -0.1) is 0 Å². The second kappa shape index (κ2) is 6.32. The van der Waals surface area contributed by atoms with Crippen LogP contribution in [0.15, 0.2) is 18.2 Å². The van der Waals surface area contributed by atoms with Crippen LogP contribution in [0, 0.1) is 5.82 Å². The van der Waals surface area contributed by atoms with E-state index in [0.29, 0.717) is 24.5 Å². The van der Waals surface area contributed by atoms with E-state index in [4.69, 9.17) is 9.47 Å². The Kier molecular flexibility index (Phi) is 4.74. The van der Waals surface area contributed by atoms with Crippen LogP contribution in [0.5, 0.6) is 5.75 Å². The number of likely N-dealkylation sites (N-methyl/N-ethyl adjacent to an activating group) is 1. The Labute approximate surface area is 112 Å². The number of aliphatic hydroxyl groups is 1. The normalized spacial score (nSPS) is 22.2. The Hall–Kier alpha value is -1.17. The maximum atomic E-state index is 13.2. The fourth-order valence-corrected chi connectivity index (χ4v) is 2.13. The van der Waals surface area contributed by atoms with Crippen LogP contribution in [0.2, 0.25) is 0 Å². The van der Waals surface area contributed by atoms with Gasteiger partial charge in [-0.25, -0.2) is 4.39 Å². The maximum Gasteiger partial charge on any atom is 0.128 e. The molecule has 106 valence electrons. The zero-order chi connectivity index (χ0) is 13.8. The van der Waals surface area contributed by atoms with Crippen molar-refractivity contribution in [3.05, 3.63) is 29.6 Å². The van der Waals surface area contributed by atoms with E-state index in [1.807, 2.05) is 7.05 Å². The van der Waals surface area contributed by atoms with Crippen LogP contribution in [0.4, 0.5) is 4.39 Å². The lowest BCUT2D eigenvalue weighted by molar-refractivity contribution is -0.0407. The zero-order valence-electron chi connectivity index (χ0n) is 11.3. The Bertz CT molecular complexity index is 425. The molecule has 1 aromatic carbocycles. The van der Waals surface area contributed by atoms with Crippen LogP contribution in [-0.2, 0) is 4.74 Å². The Morgan fingerprint density at radius 1 is 1.58 bits per heavy atom. The van der Waals surface area contributed by atoms with E-state index >= 15 is 0 Å². The van der Waals surface area contributed by atoms with Gasteiger partial charge in [-0.3, -0.25) is 0 Å². The summed E-state index contributed by atoms with van der Waals surface area (Å²) in [5, 5.41) is 9.63. The van der Waals surface area contributed by atoms with Gasteiger partial charge in [-0.2, -0.15) is 0 Å². The number of aliphatic hydroxyl groups excluding tert-OH is 1. The van der Waals surface area contributed by atoms with Crippen molar-refractivity contribution in [3.63, 3.8) is 0 Å². The molecule has 2 rings (SSSR count). The minimum absolute atomic E-state index is 0.0242. The fraction of sp³-hybridized carbons (Fsp3) is 0.571. The van der Waals surface area contributed by atoms with Gasteiger partial charge in [-0.05, 0) is 26.1 Å². The summed E-state index contributed by atoms with van der Waals surface area (Å²) in [5.74, 6) is 0.00732. The molecule has 1 aliphatic rings. The number of ether oxygens (including phenoxy) is 2. The summed E-state index contributed by atoms with van der Waals surface area (Å²) in [6.45, 7) is 4.37. The molecule has 1 N–H and O–H groups in total. The molecule has 0 bridgehead atoms. The summed E-state index contributed by atoms with van der Waals surface area (Å²) in [6, 6.07) is 4.16. The summed E-state index contributed by atoms with van der Waals surface area (Å²) >= 11 is 0. The molecule has 0 aromatic heterocycles. The number of morpholine rings is 1. The lowest BCUT2D eigenvalue weighted by Crippen LogP contribution is -2.42. The van der Waals surface area contributed by atoms with Gasteiger partial charge in [0.1, 0.15) is 24.3 Å². The van der Waals surface area contributed by atoms with E-state index in [2.05, 4.69) is 4.90 Å². The van der Waals surface area contributed by atoms with Crippen molar-refractivity contribution in [2.45, 2.75) is 19.1 Å². The van der Waals surface area contributed by atoms with Gasteiger partial charge in [0, 0.05) is 24.7 Å². The SMILES string of the molecule is CC(O)c1ccc(F)cc1OCC1CN(C)CCO1. The number of nitrogens with zero attached hydrogens (tertiary/aromatic N) is 1. The van der Waals surface area contributed by atoms with Crippen molar-refractivity contribution in [1.82, 2.24) is 4.90 Å². The minimum Gasteiger partial charge on any atom is -0.490 e. The summed E-state index contributed by atoms with van der Waals surface area (Å²) in [7, 11) is 2.03. The standard InChI is InChI=1S/C14H20FNO3/c1-10(17)13-4-3-11(15)7-14(13)19-9-12-8-16(2)5-6-18-12/h3-4,7,10,12,17H,5-6,8-9H2,1-2H3. The summed E-state index contributed by atoms with van der Waals surface area (Å²) in [4.78, 5) is 2.17. The summed E-state index contributed by atoms with van der Waals surface area (Å²) in [6.07, 6.45) is -0.714.